The lowest BCUT2D eigenvalue weighted by atomic mass is 10.0. The van der Waals surface area contributed by atoms with Crippen molar-refractivity contribution in [2.75, 3.05) is 0 Å². The second-order valence-corrected chi connectivity index (χ2v) is 6.36. The number of halogens is 1. The van der Waals surface area contributed by atoms with E-state index < -0.39 is 11.5 Å². The van der Waals surface area contributed by atoms with Gasteiger partial charge in [0.05, 0.1) is 6.04 Å². The Morgan fingerprint density at radius 1 is 1.16 bits per heavy atom. The summed E-state index contributed by atoms with van der Waals surface area (Å²) in [4.78, 5) is 24.6. The van der Waals surface area contributed by atoms with Gasteiger partial charge in [-0.15, -0.1) is 0 Å². The molecule has 1 aromatic heterocycles. The number of carbonyl (C=O) groups excluding carboxylic acids is 1. The van der Waals surface area contributed by atoms with Crippen LogP contribution in [-0.2, 0) is 6.42 Å². The van der Waals surface area contributed by atoms with Crippen LogP contribution in [0.5, 0.6) is 0 Å². The molecule has 0 radical (unpaired) electrons. The van der Waals surface area contributed by atoms with Crippen LogP contribution in [0.2, 0.25) is 5.02 Å². The van der Waals surface area contributed by atoms with E-state index in [-0.39, 0.29) is 11.6 Å². The largest absolute Gasteiger partial charge is 0.422 e. The monoisotopic (exact) mass is 355 g/mol. The molecular weight excluding hydrogens is 338 g/mol. The van der Waals surface area contributed by atoms with Crippen LogP contribution in [0.4, 0.5) is 0 Å². The number of fused-ring (bicyclic) bond motifs is 1. The third-order valence-corrected chi connectivity index (χ3v) is 4.41. The zero-order chi connectivity index (χ0) is 18.0. The molecule has 0 aliphatic rings. The normalized spacial score (nSPS) is 12.1. The van der Waals surface area contributed by atoms with Crippen molar-refractivity contribution in [2.24, 2.45) is 0 Å². The first-order chi connectivity index (χ1) is 12.0. The maximum atomic E-state index is 12.5. The zero-order valence-corrected chi connectivity index (χ0v) is 14.8. The molecule has 25 heavy (non-hydrogen) atoms. The quantitative estimate of drug-likeness (QED) is 0.701. The summed E-state index contributed by atoms with van der Waals surface area (Å²) in [5.41, 5.74) is 1.90. The van der Waals surface area contributed by atoms with Gasteiger partial charge in [0.2, 0.25) is 0 Å². The van der Waals surface area contributed by atoms with Crippen molar-refractivity contribution < 1.29 is 9.21 Å². The lowest BCUT2D eigenvalue weighted by Crippen LogP contribution is -2.30. The topological polar surface area (TPSA) is 59.3 Å². The summed E-state index contributed by atoms with van der Waals surface area (Å²) in [6.07, 6.45) is 0.960. The predicted octanol–water partition coefficient (Wildman–Crippen LogP) is 4.50. The van der Waals surface area contributed by atoms with E-state index in [4.69, 9.17) is 16.0 Å². The van der Waals surface area contributed by atoms with E-state index in [1.165, 1.54) is 11.6 Å². The molecule has 3 rings (SSSR count). The van der Waals surface area contributed by atoms with E-state index in [0.717, 1.165) is 12.0 Å². The standard InChI is InChI=1S/C20H18ClNO3/c1-3-13-4-6-14(7-5-13)12(2)22-19(23)17-11-15-10-16(21)8-9-18(15)25-20(17)24/h4-12H,3H2,1-2H3,(H,22,23)/t12-/m1/s1. The highest BCUT2D eigenvalue weighted by Crippen LogP contribution is 2.19. The van der Waals surface area contributed by atoms with Gasteiger partial charge in [-0.2, -0.15) is 0 Å². The molecule has 0 saturated carbocycles. The number of hydrogen-bond acceptors (Lipinski definition) is 3. The fraction of sp³-hybridized carbons (Fsp3) is 0.200. The number of rotatable bonds is 4. The molecule has 0 saturated heterocycles. The van der Waals surface area contributed by atoms with Crippen molar-refractivity contribution in [2.45, 2.75) is 26.3 Å². The van der Waals surface area contributed by atoms with Gasteiger partial charge in [-0.3, -0.25) is 4.79 Å². The highest BCUT2D eigenvalue weighted by molar-refractivity contribution is 6.31. The third-order valence-electron chi connectivity index (χ3n) is 4.17. The minimum Gasteiger partial charge on any atom is -0.422 e. The van der Waals surface area contributed by atoms with Gasteiger partial charge < -0.3 is 9.73 Å². The van der Waals surface area contributed by atoms with Gasteiger partial charge >= 0.3 is 5.63 Å². The van der Waals surface area contributed by atoms with Crippen LogP contribution in [0, 0.1) is 0 Å². The van der Waals surface area contributed by atoms with Crippen LogP contribution in [-0.4, -0.2) is 5.91 Å². The summed E-state index contributed by atoms with van der Waals surface area (Å²) < 4.78 is 5.21. The maximum absolute atomic E-state index is 12.5. The van der Waals surface area contributed by atoms with E-state index in [9.17, 15) is 9.59 Å². The Hall–Kier alpha value is -2.59. The molecule has 4 nitrogen and oxygen atoms in total. The third kappa shape index (κ3) is 3.74. The zero-order valence-electron chi connectivity index (χ0n) is 14.0. The predicted molar refractivity (Wildman–Crippen MR) is 99.2 cm³/mol. The Kier molecular flexibility index (Phi) is 4.91. The fourth-order valence-electron chi connectivity index (χ4n) is 2.65. The summed E-state index contributed by atoms with van der Waals surface area (Å²) in [6, 6.07) is 14.2. The van der Waals surface area contributed by atoms with E-state index in [0.29, 0.717) is 16.0 Å². The second kappa shape index (κ2) is 7.11. The molecule has 5 heteroatoms. The molecule has 0 aliphatic carbocycles. The number of aryl methyl sites for hydroxylation is 1. The number of benzene rings is 2. The Labute approximate surface area is 150 Å². The van der Waals surface area contributed by atoms with Crippen molar-refractivity contribution in [1.29, 1.82) is 0 Å². The first-order valence-electron chi connectivity index (χ1n) is 8.11. The molecule has 0 unspecified atom stereocenters. The molecule has 3 aromatic rings. The number of hydrogen-bond donors (Lipinski definition) is 1. The lowest BCUT2D eigenvalue weighted by Gasteiger charge is -2.14. The van der Waals surface area contributed by atoms with E-state index >= 15 is 0 Å². The molecular formula is C20H18ClNO3. The Morgan fingerprint density at radius 3 is 2.56 bits per heavy atom. The van der Waals surface area contributed by atoms with Gasteiger partial charge in [-0.25, -0.2) is 4.79 Å². The van der Waals surface area contributed by atoms with Crippen LogP contribution < -0.4 is 10.9 Å². The number of carbonyl (C=O) groups is 1. The number of amides is 1. The molecule has 1 N–H and O–H groups in total. The first-order valence-corrected chi connectivity index (χ1v) is 8.49. The number of nitrogens with one attached hydrogen (secondary N) is 1. The van der Waals surface area contributed by atoms with E-state index in [2.05, 4.69) is 12.2 Å². The summed E-state index contributed by atoms with van der Waals surface area (Å²) in [6.45, 7) is 3.96. The van der Waals surface area contributed by atoms with Crippen molar-refractivity contribution >= 4 is 28.5 Å². The highest BCUT2D eigenvalue weighted by Gasteiger charge is 2.17. The molecule has 128 valence electrons. The maximum Gasteiger partial charge on any atom is 0.349 e. The van der Waals surface area contributed by atoms with Gasteiger partial charge in [-0.1, -0.05) is 42.8 Å². The smallest absolute Gasteiger partial charge is 0.349 e. The summed E-state index contributed by atoms with van der Waals surface area (Å²) >= 11 is 5.96. The first kappa shape index (κ1) is 17.2. The van der Waals surface area contributed by atoms with Crippen LogP contribution in [0.3, 0.4) is 0 Å². The van der Waals surface area contributed by atoms with Crippen molar-refractivity contribution in [3.63, 3.8) is 0 Å². The van der Waals surface area contributed by atoms with Crippen molar-refractivity contribution in [3.05, 3.63) is 80.7 Å². The molecule has 1 heterocycles. The van der Waals surface area contributed by atoms with Crippen molar-refractivity contribution in [3.8, 4) is 0 Å². The Balaban J connectivity index is 1.85. The average molecular weight is 356 g/mol. The molecule has 0 spiro atoms. The molecule has 0 fully saturated rings. The second-order valence-electron chi connectivity index (χ2n) is 5.92. The lowest BCUT2D eigenvalue weighted by molar-refractivity contribution is 0.0936. The average Bonchev–Trinajstić information content (AvgIpc) is 2.61. The van der Waals surface area contributed by atoms with Gasteiger partial charge in [0.15, 0.2) is 0 Å². The van der Waals surface area contributed by atoms with Gasteiger partial charge in [0, 0.05) is 10.4 Å². The molecule has 0 bridgehead atoms. The van der Waals surface area contributed by atoms with Crippen LogP contribution in [0.15, 0.2) is 57.7 Å². The highest BCUT2D eigenvalue weighted by atomic mass is 35.5. The molecule has 0 aliphatic heterocycles. The van der Waals surface area contributed by atoms with E-state index in [1.54, 1.807) is 18.2 Å². The van der Waals surface area contributed by atoms with Gasteiger partial charge in [-0.05, 0) is 48.7 Å². The minimum absolute atomic E-state index is 0.0354. The van der Waals surface area contributed by atoms with Gasteiger partial charge in [0.25, 0.3) is 5.91 Å². The SMILES string of the molecule is CCc1ccc([C@@H](C)NC(=O)c2cc3cc(Cl)ccc3oc2=O)cc1. The summed E-state index contributed by atoms with van der Waals surface area (Å²) in [5, 5.41) is 3.96. The minimum atomic E-state index is -0.666. The van der Waals surface area contributed by atoms with Crippen molar-refractivity contribution in [1.82, 2.24) is 5.32 Å². The Bertz CT molecular complexity index is 976. The van der Waals surface area contributed by atoms with E-state index in [1.807, 2.05) is 31.2 Å². The fourth-order valence-corrected chi connectivity index (χ4v) is 2.83. The Morgan fingerprint density at radius 2 is 1.88 bits per heavy atom. The van der Waals surface area contributed by atoms with Gasteiger partial charge in [0.1, 0.15) is 11.1 Å². The van der Waals surface area contributed by atoms with Crippen LogP contribution in [0.25, 0.3) is 11.0 Å². The van der Waals surface area contributed by atoms with Crippen LogP contribution in [0.1, 0.15) is 41.4 Å². The molecule has 1 atom stereocenters. The molecule has 1 amide bonds. The summed E-state index contributed by atoms with van der Waals surface area (Å²) in [7, 11) is 0. The molecule has 2 aromatic carbocycles. The summed E-state index contributed by atoms with van der Waals surface area (Å²) in [5.74, 6) is -0.470. The van der Waals surface area contributed by atoms with Crippen LogP contribution >= 0.6 is 11.6 Å².